The lowest BCUT2D eigenvalue weighted by molar-refractivity contribution is 0.583. The number of benzene rings is 1. The Balaban J connectivity index is 0.00000144. The Morgan fingerprint density at radius 2 is 2.00 bits per heavy atom. The minimum Gasteiger partial charge on any atom is -0.315 e. The summed E-state index contributed by atoms with van der Waals surface area (Å²) in [7, 11) is -3.34. The molecule has 1 aliphatic rings. The molecular weight excluding hydrogens is 305 g/mol. The summed E-state index contributed by atoms with van der Waals surface area (Å²) < 4.78 is 24.4. The highest BCUT2D eigenvalue weighted by atomic mass is 35.5. The van der Waals surface area contributed by atoms with Gasteiger partial charge in [-0.25, -0.2) is 8.42 Å². The monoisotopic (exact) mass is 315 g/mol. The quantitative estimate of drug-likeness (QED) is 0.912. The highest BCUT2D eigenvalue weighted by molar-refractivity contribution is 7.92. The fraction of sp³-hybridized carbons (Fsp3) is 0.400. The molecule has 0 bridgehead atoms. The van der Waals surface area contributed by atoms with E-state index in [1.807, 2.05) is 0 Å². The predicted molar refractivity (Wildman–Crippen MR) is 72.2 cm³/mol. The van der Waals surface area contributed by atoms with Crippen molar-refractivity contribution in [2.75, 3.05) is 13.1 Å². The first kappa shape index (κ1) is 15.1. The second-order valence-electron chi connectivity index (χ2n) is 3.73. The Morgan fingerprint density at radius 1 is 1.29 bits per heavy atom. The van der Waals surface area contributed by atoms with Crippen LogP contribution < -0.4 is 5.32 Å². The van der Waals surface area contributed by atoms with E-state index in [9.17, 15) is 8.42 Å². The van der Waals surface area contributed by atoms with Crippen LogP contribution in [-0.2, 0) is 9.84 Å². The smallest absolute Gasteiger partial charge is 0.183 e. The number of halogens is 3. The van der Waals surface area contributed by atoms with Crippen molar-refractivity contribution < 1.29 is 8.42 Å². The van der Waals surface area contributed by atoms with Crippen molar-refractivity contribution in [3.05, 3.63) is 28.2 Å². The summed E-state index contributed by atoms with van der Waals surface area (Å²) in [4.78, 5) is 0.173. The van der Waals surface area contributed by atoms with Crippen molar-refractivity contribution in [1.29, 1.82) is 0 Å². The van der Waals surface area contributed by atoms with E-state index in [2.05, 4.69) is 5.32 Å². The third kappa shape index (κ3) is 3.06. The van der Waals surface area contributed by atoms with E-state index in [1.165, 1.54) is 12.1 Å². The number of hydrogen-bond acceptors (Lipinski definition) is 3. The van der Waals surface area contributed by atoms with Crippen LogP contribution in [0.2, 0.25) is 10.0 Å². The van der Waals surface area contributed by atoms with Crippen LogP contribution in [0, 0.1) is 0 Å². The summed E-state index contributed by atoms with van der Waals surface area (Å²) in [6.45, 7) is 1.22. The summed E-state index contributed by atoms with van der Waals surface area (Å²) in [6.07, 6.45) is 0.626. The SMILES string of the molecule is Cl.O=S(=O)(c1ccc(Cl)cc1Cl)C1CCNC1. The van der Waals surface area contributed by atoms with Gasteiger partial charge in [0, 0.05) is 11.6 Å². The Labute approximate surface area is 117 Å². The molecule has 1 heterocycles. The lowest BCUT2D eigenvalue weighted by atomic mass is 10.4. The average molecular weight is 317 g/mol. The maximum atomic E-state index is 12.2. The van der Waals surface area contributed by atoms with E-state index >= 15 is 0 Å². The molecule has 0 amide bonds. The highest BCUT2D eigenvalue weighted by Crippen LogP contribution is 2.29. The zero-order chi connectivity index (χ0) is 11.8. The van der Waals surface area contributed by atoms with E-state index in [4.69, 9.17) is 23.2 Å². The summed E-state index contributed by atoms with van der Waals surface area (Å²) in [5, 5.41) is 3.28. The standard InChI is InChI=1S/C10H11Cl2NO2S.ClH/c11-7-1-2-10(9(12)5-7)16(14,15)8-3-4-13-6-8;/h1-2,5,8,13H,3-4,6H2;1H. The molecule has 1 fully saturated rings. The first-order chi connectivity index (χ1) is 7.51. The maximum absolute atomic E-state index is 12.2. The van der Waals surface area contributed by atoms with Crippen molar-refractivity contribution in [2.24, 2.45) is 0 Å². The average Bonchev–Trinajstić information content (AvgIpc) is 2.69. The second kappa shape index (κ2) is 5.76. The molecule has 1 saturated heterocycles. The molecule has 0 aromatic heterocycles. The van der Waals surface area contributed by atoms with Gasteiger partial charge in [0.15, 0.2) is 9.84 Å². The topological polar surface area (TPSA) is 46.2 Å². The normalized spacial score (nSPS) is 20.0. The minimum absolute atomic E-state index is 0. The molecular formula is C10H12Cl3NO2S. The zero-order valence-corrected chi connectivity index (χ0v) is 12.0. The van der Waals surface area contributed by atoms with Crippen LogP contribution in [0.3, 0.4) is 0 Å². The third-order valence-corrected chi connectivity index (χ3v) is 5.56. The van der Waals surface area contributed by atoms with Crippen LogP contribution in [0.1, 0.15) is 6.42 Å². The van der Waals surface area contributed by atoms with Gasteiger partial charge in [0.05, 0.1) is 15.2 Å². The van der Waals surface area contributed by atoms with Crippen molar-refractivity contribution in [3.8, 4) is 0 Å². The van der Waals surface area contributed by atoms with Gasteiger partial charge in [0.2, 0.25) is 0 Å². The third-order valence-electron chi connectivity index (χ3n) is 2.65. The number of sulfone groups is 1. The van der Waals surface area contributed by atoms with Crippen molar-refractivity contribution >= 4 is 45.4 Å². The molecule has 0 aliphatic carbocycles. The Hall–Kier alpha value is -0.000000000000000132. The van der Waals surface area contributed by atoms with E-state index in [1.54, 1.807) is 6.07 Å². The largest absolute Gasteiger partial charge is 0.315 e. The summed E-state index contributed by atoms with van der Waals surface area (Å²) >= 11 is 11.6. The lowest BCUT2D eigenvalue weighted by Crippen LogP contribution is -2.24. The molecule has 1 aromatic rings. The number of nitrogens with one attached hydrogen (secondary N) is 1. The molecule has 96 valence electrons. The fourth-order valence-corrected chi connectivity index (χ4v) is 4.22. The molecule has 7 heteroatoms. The van der Waals surface area contributed by atoms with E-state index in [-0.39, 0.29) is 27.6 Å². The van der Waals surface area contributed by atoms with Crippen LogP contribution in [0.25, 0.3) is 0 Å². The number of hydrogen-bond donors (Lipinski definition) is 1. The van der Waals surface area contributed by atoms with Crippen LogP contribution in [0.5, 0.6) is 0 Å². The summed E-state index contributed by atoms with van der Waals surface area (Å²) in [5.74, 6) is 0. The van der Waals surface area contributed by atoms with Gasteiger partial charge in [-0.05, 0) is 31.2 Å². The van der Waals surface area contributed by atoms with Crippen LogP contribution in [0.4, 0.5) is 0 Å². The van der Waals surface area contributed by atoms with Gasteiger partial charge in [0.1, 0.15) is 0 Å². The zero-order valence-electron chi connectivity index (χ0n) is 8.82. The van der Waals surface area contributed by atoms with Gasteiger partial charge in [-0.1, -0.05) is 23.2 Å². The van der Waals surface area contributed by atoms with Gasteiger partial charge < -0.3 is 5.32 Å². The summed E-state index contributed by atoms with van der Waals surface area (Å²) in [5.41, 5.74) is 0. The van der Waals surface area contributed by atoms with Crippen molar-refractivity contribution in [1.82, 2.24) is 5.32 Å². The van der Waals surface area contributed by atoms with E-state index in [0.29, 0.717) is 18.0 Å². The molecule has 0 radical (unpaired) electrons. The first-order valence-corrected chi connectivity index (χ1v) is 7.22. The predicted octanol–water partition coefficient (Wildman–Crippen LogP) is 2.55. The molecule has 1 aliphatic heterocycles. The van der Waals surface area contributed by atoms with Gasteiger partial charge in [-0.3, -0.25) is 0 Å². The Bertz CT molecular complexity index is 498. The van der Waals surface area contributed by atoms with Gasteiger partial charge in [-0.15, -0.1) is 12.4 Å². The highest BCUT2D eigenvalue weighted by Gasteiger charge is 2.31. The lowest BCUT2D eigenvalue weighted by Gasteiger charge is -2.11. The van der Waals surface area contributed by atoms with Crippen LogP contribution in [0.15, 0.2) is 23.1 Å². The molecule has 0 spiro atoms. The molecule has 3 nitrogen and oxygen atoms in total. The van der Waals surface area contributed by atoms with E-state index < -0.39 is 9.84 Å². The molecule has 2 rings (SSSR count). The molecule has 1 unspecified atom stereocenters. The second-order valence-corrected chi connectivity index (χ2v) is 6.77. The van der Waals surface area contributed by atoms with Crippen molar-refractivity contribution in [2.45, 2.75) is 16.6 Å². The Kier molecular flexibility index (Phi) is 5.10. The minimum atomic E-state index is -3.34. The number of rotatable bonds is 2. The van der Waals surface area contributed by atoms with Gasteiger partial charge in [0.25, 0.3) is 0 Å². The Morgan fingerprint density at radius 3 is 2.53 bits per heavy atom. The van der Waals surface area contributed by atoms with Gasteiger partial charge >= 0.3 is 0 Å². The van der Waals surface area contributed by atoms with Crippen molar-refractivity contribution in [3.63, 3.8) is 0 Å². The first-order valence-electron chi connectivity index (χ1n) is 4.91. The molecule has 1 aromatic carbocycles. The maximum Gasteiger partial charge on any atom is 0.183 e. The van der Waals surface area contributed by atoms with Crippen LogP contribution in [-0.4, -0.2) is 26.8 Å². The van der Waals surface area contributed by atoms with E-state index in [0.717, 1.165) is 6.54 Å². The molecule has 17 heavy (non-hydrogen) atoms. The molecule has 0 saturated carbocycles. The summed E-state index contributed by atoms with van der Waals surface area (Å²) in [6, 6.07) is 4.47. The fourth-order valence-electron chi connectivity index (χ4n) is 1.78. The molecule has 1 atom stereocenters. The van der Waals surface area contributed by atoms with Crippen LogP contribution >= 0.6 is 35.6 Å². The van der Waals surface area contributed by atoms with Gasteiger partial charge in [-0.2, -0.15) is 0 Å². The molecule has 1 N–H and O–H groups in total.